The molecule has 3 aromatic rings. The van der Waals surface area contributed by atoms with E-state index >= 15 is 0 Å². The average molecular weight is 419 g/mol. The average Bonchev–Trinajstić information content (AvgIpc) is 3.03. The first-order chi connectivity index (χ1) is 13.3. The normalized spacial score (nSPS) is 12.9. The molecule has 0 saturated heterocycles. The Morgan fingerprint density at radius 3 is 2.50 bits per heavy atom. The standard InChI is InChI=1S/C21H23ClN2O3S/c1-4-20-19(14(2)24-27-20)13-23-21(15-8-10-17(22)11-9-15)16-6-5-7-18(12-16)28(3,25)26/h5-12,21,23H,4,13H2,1-3H3. The molecule has 0 spiro atoms. The maximum atomic E-state index is 12.0. The van der Waals surface area contributed by atoms with Crippen LogP contribution in [-0.4, -0.2) is 19.8 Å². The quantitative estimate of drug-likeness (QED) is 0.612. The third kappa shape index (κ3) is 4.63. The van der Waals surface area contributed by atoms with Crippen molar-refractivity contribution in [3.8, 4) is 0 Å². The molecule has 28 heavy (non-hydrogen) atoms. The van der Waals surface area contributed by atoms with Crippen LogP contribution in [0.25, 0.3) is 0 Å². The fourth-order valence-electron chi connectivity index (χ4n) is 3.15. The third-order valence-electron chi connectivity index (χ3n) is 4.69. The third-order valence-corrected chi connectivity index (χ3v) is 6.06. The first-order valence-corrected chi connectivity index (χ1v) is 11.3. The van der Waals surface area contributed by atoms with E-state index in [0.717, 1.165) is 34.6 Å². The molecule has 0 bridgehead atoms. The van der Waals surface area contributed by atoms with Crippen molar-refractivity contribution < 1.29 is 12.9 Å². The van der Waals surface area contributed by atoms with Crippen LogP contribution >= 0.6 is 11.6 Å². The molecule has 1 heterocycles. The number of sulfone groups is 1. The van der Waals surface area contributed by atoms with Crippen LogP contribution < -0.4 is 5.32 Å². The molecule has 0 aliphatic carbocycles. The number of nitrogens with one attached hydrogen (secondary N) is 1. The van der Waals surface area contributed by atoms with Crippen LogP contribution in [0.4, 0.5) is 0 Å². The first kappa shape index (κ1) is 20.6. The maximum Gasteiger partial charge on any atom is 0.175 e. The molecular weight excluding hydrogens is 396 g/mol. The summed E-state index contributed by atoms with van der Waals surface area (Å²) in [6, 6.07) is 14.3. The molecule has 0 aliphatic rings. The monoisotopic (exact) mass is 418 g/mol. The molecule has 148 valence electrons. The fourth-order valence-corrected chi connectivity index (χ4v) is 3.95. The van der Waals surface area contributed by atoms with Gasteiger partial charge < -0.3 is 9.84 Å². The molecule has 0 saturated carbocycles. The van der Waals surface area contributed by atoms with Crippen LogP contribution in [0.5, 0.6) is 0 Å². The molecule has 0 aliphatic heterocycles. The van der Waals surface area contributed by atoms with Gasteiger partial charge in [-0.25, -0.2) is 8.42 Å². The number of aromatic nitrogens is 1. The number of halogens is 1. The molecule has 2 aromatic carbocycles. The van der Waals surface area contributed by atoms with Crippen molar-refractivity contribution >= 4 is 21.4 Å². The summed E-state index contributed by atoms with van der Waals surface area (Å²) in [5.41, 5.74) is 3.73. The minimum absolute atomic E-state index is 0.210. The smallest absolute Gasteiger partial charge is 0.175 e. The summed E-state index contributed by atoms with van der Waals surface area (Å²) in [7, 11) is -3.30. The minimum Gasteiger partial charge on any atom is -0.361 e. The van der Waals surface area contributed by atoms with Crippen molar-refractivity contribution in [3.05, 3.63) is 81.7 Å². The molecule has 7 heteroatoms. The van der Waals surface area contributed by atoms with Crippen molar-refractivity contribution in [1.82, 2.24) is 10.5 Å². The summed E-state index contributed by atoms with van der Waals surface area (Å²) in [5.74, 6) is 0.852. The van der Waals surface area contributed by atoms with Crippen LogP contribution in [0.2, 0.25) is 5.02 Å². The van der Waals surface area contributed by atoms with Crippen LogP contribution in [0.15, 0.2) is 57.9 Å². The van der Waals surface area contributed by atoms with Gasteiger partial charge in [-0.2, -0.15) is 0 Å². The Bertz CT molecular complexity index is 1060. The fraction of sp³-hybridized carbons (Fsp3) is 0.286. The lowest BCUT2D eigenvalue weighted by Gasteiger charge is -2.21. The van der Waals surface area contributed by atoms with Crippen LogP contribution in [0.3, 0.4) is 0 Å². The van der Waals surface area contributed by atoms with Crippen molar-refractivity contribution in [3.63, 3.8) is 0 Å². The second kappa shape index (κ2) is 8.47. The molecule has 1 N–H and O–H groups in total. The summed E-state index contributed by atoms with van der Waals surface area (Å²) in [5, 5.41) is 8.24. The van der Waals surface area contributed by atoms with E-state index in [2.05, 4.69) is 10.5 Å². The molecule has 1 unspecified atom stereocenters. The largest absolute Gasteiger partial charge is 0.361 e. The van der Waals surface area contributed by atoms with Gasteiger partial charge in [-0.1, -0.05) is 47.9 Å². The number of benzene rings is 2. The number of hydrogen-bond donors (Lipinski definition) is 1. The van der Waals surface area contributed by atoms with Crippen LogP contribution in [0.1, 0.15) is 41.1 Å². The summed E-state index contributed by atoms with van der Waals surface area (Å²) in [4.78, 5) is 0.293. The van der Waals surface area contributed by atoms with E-state index in [0.29, 0.717) is 16.5 Å². The zero-order valence-corrected chi connectivity index (χ0v) is 17.6. The lowest BCUT2D eigenvalue weighted by atomic mass is 9.98. The van der Waals surface area contributed by atoms with Gasteiger partial charge in [0.2, 0.25) is 0 Å². The molecule has 5 nitrogen and oxygen atoms in total. The number of aryl methyl sites for hydroxylation is 2. The van der Waals surface area contributed by atoms with E-state index < -0.39 is 9.84 Å². The predicted octanol–water partition coefficient (Wildman–Crippen LogP) is 4.48. The van der Waals surface area contributed by atoms with Gasteiger partial charge in [-0.3, -0.25) is 0 Å². The maximum absolute atomic E-state index is 12.0. The highest BCUT2D eigenvalue weighted by Crippen LogP contribution is 2.27. The van der Waals surface area contributed by atoms with Gasteiger partial charge in [0.05, 0.1) is 16.6 Å². The summed E-state index contributed by atoms with van der Waals surface area (Å²) in [6.07, 6.45) is 1.97. The molecule has 0 radical (unpaired) electrons. The van der Waals surface area contributed by atoms with E-state index in [1.54, 1.807) is 18.2 Å². The zero-order chi connectivity index (χ0) is 20.3. The first-order valence-electron chi connectivity index (χ1n) is 9.02. The van der Waals surface area contributed by atoms with Crippen molar-refractivity contribution in [2.24, 2.45) is 0 Å². The van der Waals surface area contributed by atoms with Crippen LogP contribution in [0, 0.1) is 6.92 Å². The summed E-state index contributed by atoms with van der Waals surface area (Å²) in [6.45, 7) is 4.49. The van der Waals surface area contributed by atoms with Crippen molar-refractivity contribution in [2.45, 2.75) is 37.8 Å². The van der Waals surface area contributed by atoms with E-state index in [9.17, 15) is 8.42 Å². The second-order valence-corrected chi connectivity index (χ2v) is 9.19. The molecular formula is C21H23ClN2O3S. The van der Waals surface area contributed by atoms with Gasteiger partial charge in [0, 0.05) is 29.8 Å². The zero-order valence-electron chi connectivity index (χ0n) is 16.1. The number of hydrogen-bond acceptors (Lipinski definition) is 5. The van der Waals surface area contributed by atoms with Gasteiger partial charge >= 0.3 is 0 Å². The predicted molar refractivity (Wildman–Crippen MR) is 110 cm³/mol. The van der Waals surface area contributed by atoms with Crippen molar-refractivity contribution in [2.75, 3.05) is 6.26 Å². The van der Waals surface area contributed by atoms with Gasteiger partial charge in [-0.05, 0) is 42.3 Å². The van der Waals surface area contributed by atoms with E-state index in [1.807, 2.05) is 44.2 Å². The van der Waals surface area contributed by atoms with Gasteiger partial charge in [0.15, 0.2) is 9.84 Å². The van der Waals surface area contributed by atoms with E-state index in [4.69, 9.17) is 16.1 Å². The highest BCUT2D eigenvalue weighted by Gasteiger charge is 2.19. The number of rotatable bonds is 7. The Labute approximate surface area is 170 Å². The Balaban J connectivity index is 1.98. The van der Waals surface area contributed by atoms with Gasteiger partial charge in [-0.15, -0.1) is 0 Å². The lowest BCUT2D eigenvalue weighted by Crippen LogP contribution is -2.23. The summed E-state index contributed by atoms with van der Waals surface area (Å²) >= 11 is 6.05. The van der Waals surface area contributed by atoms with E-state index in [1.165, 1.54) is 6.26 Å². The highest BCUT2D eigenvalue weighted by atomic mass is 35.5. The topological polar surface area (TPSA) is 72.2 Å². The minimum atomic E-state index is -3.30. The Kier molecular flexibility index (Phi) is 6.23. The molecule has 0 amide bonds. The van der Waals surface area contributed by atoms with Crippen LogP contribution in [-0.2, 0) is 22.8 Å². The number of nitrogens with zero attached hydrogens (tertiary/aromatic N) is 1. The van der Waals surface area contributed by atoms with Gasteiger partial charge in [0.1, 0.15) is 5.76 Å². The Hall–Kier alpha value is -2.15. The SMILES string of the molecule is CCc1onc(C)c1CNC(c1ccc(Cl)cc1)c1cccc(S(C)(=O)=O)c1. The Morgan fingerprint density at radius 1 is 1.14 bits per heavy atom. The molecule has 3 rings (SSSR count). The van der Waals surface area contributed by atoms with Gasteiger partial charge in [0.25, 0.3) is 0 Å². The molecule has 0 fully saturated rings. The lowest BCUT2D eigenvalue weighted by molar-refractivity contribution is 0.381. The molecule has 1 aromatic heterocycles. The Morgan fingerprint density at radius 2 is 1.86 bits per heavy atom. The summed E-state index contributed by atoms with van der Waals surface area (Å²) < 4.78 is 29.4. The van der Waals surface area contributed by atoms with Crippen molar-refractivity contribution in [1.29, 1.82) is 0 Å². The molecule has 1 atom stereocenters. The highest BCUT2D eigenvalue weighted by molar-refractivity contribution is 7.90. The van der Waals surface area contributed by atoms with E-state index in [-0.39, 0.29) is 6.04 Å². The second-order valence-electron chi connectivity index (χ2n) is 6.73.